The SMILES string of the molecule is CCCC#CCCCC(C)=O. The van der Waals surface area contributed by atoms with Crippen molar-refractivity contribution in [3.05, 3.63) is 0 Å². The molecule has 0 rings (SSSR count). The highest BCUT2D eigenvalue weighted by molar-refractivity contribution is 5.75. The number of carbonyl (C=O) groups excluding carboxylic acids is 1. The maximum atomic E-state index is 10.5. The number of hydrogen-bond acceptors (Lipinski definition) is 1. The molecule has 62 valence electrons. The Balaban J connectivity index is 3.15. The first kappa shape index (κ1) is 10.2. The monoisotopic (exact) mass is 152 g/mol. The lowest BCUT2D eigenvalue weighted by Crippen LogP contribution is -1.87. The first-order valence-corrected chi connectivity index (χ1v) is 4.22. The van der Waals surface area contributed by atoms with E-state index in [0.29, 0.717) is 6.42 Å². The largest absolute Gasteiger partial charge is 0.300 e. The molecule has 0 unspecified atom stereocenters. The van der Waals surface area contributed by atoms with Gasteiger partial charge in [-0.05, 0) is 19.8 Å². The summed E-state index contributed by atoms with van der Waals surface area (Å²) in [6, 6.07) is 0. The van der Waals surface area contributed by atoms with Crippen LogP contribution in [0.1, 0.15) is 46.0 Å². The minimum atomic E-state index is 0.266. The van der Waals surface area contributed by atoms with Gasteiger partial charge in [-0.15, -0.1) is 11.8 Å². The Morgan fingerprint density at radius 1 is 1.27 bits per heavy atom. The van der Waals surface area contributed by atoms with Crippen LogP contribution in [0.2, 0.25) is 0 Å². The summed E-state index contributed by atoms with van der Waals surface area (Å²) in [7, 11) is 0. The summed E-state index contributed by atoms with van der Waals surface area (Å²) >= 11 is 0. The Labute approximate surface area is 69.2 Å². The molecule has 0 amide bonds. The summed E-state index contributed by atoms with van der Waals surface area (Å²) in [6.07, 6.45) is 4.59. The minimum absolute atomic E-state index is 0.266. The van der Waals surface area contributed by atoms with E-state index in [-0.39, 0.29) is 5.78 Å². The van der Waals surface area contributed by atoms with E-state index in [0.717, 1.165) is 25.7 Å². The van der Waals surface area contributed by atoms with E-state index in [1.54, 1.807) is 6.92 Å². The lowest BCUT2D eigenvalue weighted by atomic mass is 10.2. The van der Waals surface area contributed by atoms with Crippen molar-refractivity contribution >= 4 is 5.78 Å². The first-order valence-electron chi connectivity index (χ1n) is 4.22. The van der Waals surface area contributed by atoms with Gasteiger partial charge in [-0.25, -0.2) is 0 Å². The molecule has 0 saturated heterocycles. The fraction of sp³-hybridized carbons (Fsp3) is 0.700. The molecule has 11 heavy (non-hydrogen) atoms. The van der Waals surface area contributed by atoms with Gasteiger partial charge in [-0.3, -0.25) is 0 Å². The molecule has 0 aromatic heterocycles. The normalized spacial score (nSPS) is 8.55. The maximum Gasteiger partial charge on any atom is 0.129 e. The van der Waals surface area contributed by atoms with Gasteiger partial charge < -0.3 is 4.79 Å². The Kier molecular flexibility index (Phi) is 6.82. The number of rotatable bonds is 4. The van der Waals surface area contributed by atoms with Crippen LogP contribution in [-0.4, -0.2) is 5.78 Å². The second-order valence-corrected chi connectivity index (χ2v) is 2.66. The molecule has 0 aliphatic rings. The highest BCUT2D eigenvalue weighted by Gasteiger charge is 1.89. The molecule has 0 bridgehead atoms. The van der Waals surface area contributed by atoms with Gasteiger partial charge in [0.1, 0.15) is 5.78 Å². The third kappa shape index (κ3) is 9.23. The molecule has 0 saturated carbocycles. The maximum absolute atomic E-state index is 10.5. The number of carbonyl (C=O) groups is 1. The van der Waals surface area contributed by atoms with Gasteiger partial charge in [0.05, 0.1) is 0 Å². The zero-order valence-electron chi connectivity index (χ0n) is 7.44. The third-order valence-electron chi connectivity index (χ3n) is 1.33. The van der Waals surface area contributed by atoms with Gasteiger partial charge in [0.15, 0.2) is 0 Å². The number of unbranched alkanes of at least 4 members (excludes halogenated alkanes) is 2. The predicted octanol–water partition coefficient (Wildman–Crippen LogP) is 2.55. The van der Waals surface area contributed by atoms with Crippen LogP contribution in [0.25, 0.3) is 0 Å². The summed E-state index contributed by atoms with van der Waals surface area (Å²) in [6.45, 7) is 3.74. The van der Waals surface area contributed by atoms with E-state index >= 15 is 0 Å². The lowest BCUT2D eigenvalue weighted by molar-refractivity contribution is -0.117. The van der Waals surface area contributed by atoms with Crippen LogP contribution in [-0.2, 0) is 4.79 Å². The number of hydrogen-bond donors (Lipinski definition) is 0. The fourth-order valence-electron chi connectivity index (χ4n) is 0.727. The van der Waals surface area contributed by atoms with Crippen LogP contribution in [0, 0.1) is 11.8 Å². The molecular formula is C10H16O. The van der Waals surface area contributed by atoms with Crippen LogP contribution in [0.3, 0.4) is 0 Å². The van der Waals surface area contributed by atoms with E-state index in [1.165, 1.54) is 0 Å². The van der Waals surface area contributed by atoms with Crippen molar-refractivity contribution in [3.63, 3.8) is 0 Å². The van der Waals surface area contributed by atoms with Crippen LogP contribution in [0.5, 0.6) is 0 Å². The molecule has 1 heteroatoms. The van der Waals surface area contributed by atoms with Gasteiger partial charge in [-0.1, -0.05) is 6.92 Å². The number of Topliss-reactive ketones (excluding diaryl/α,β-unsaturated/α-hetero) is 1. The fourth-order valence-corrected chi connectivity index (χ4v) is 0.727. The molecule has 0 aromatic carbocycles. The molecule has 0 aromatic rings. The van der Waals surface area contributed by atoms with Crippen molar-refractivity contribution in [3.8, 4) is 11.8 Å². The highest BCUT2D eigenvalue weighted by Crippen LogP contribution is 1.94. The van der Waals surface area contributed by atoms with E-state index in [4.69, 9.17) is 0 Å². The smallest absolute Gasteiger partial charge is 0.129 e. The molecule has 0 aliphatic carbocycles. The molecule has 0 N–H and O–H groups in total. The summed E-state index contributed by atoms with van der Waals surface area (Å²) < 4.78 is 0. The minimum Gasteiger partial charge on any atom is -0.300 e. The molecule has 0 radical (unpaired) electrons. The van der Waals surface area contributed by atoms with Crippen molar-refractivity contribution in [2.75, 3.05) is 0 Å². The second kappa shape index (κ2) is 7.34. The zero-order valence-corrected chi connectivity index (χ0v) is 7.44. The van der Waals surface area contributed by atoms with Gasteiger partial charge in [0.2, 0.25) is 0 Å². The van der Waals surface area contributed by atoms with Gasteiger partial charge >= 0.3 is 0 Å². The number of ketones is 1. The first-order chi connectivity index (χ1) is 5.27. The van der Waals surface area contributed by atoms with E-state index in [1.807, 2.05) is 0 Å². The van der Waals surface area contributed by atoms with Crippen molar-refractivity contribution < 1.29 is 4.79 Å². The average Bonchev–Trinajstić information content (AvgIpc) is 1.96. The molecule has 0 aliphatic heterocycles. The molecule has 0 fully saturated rings. The summed E-state index contributed by atoms with van der Waals surface area (Å²) in [5.41, 5.74) is 0. The van der Waals surface area contributed by atoms with E-state index < -0.39 is 0 Å². The Hall–Kier alpha value is -0.770. The van der Waals surface area contributed by atoms with Gasteiger partial charge in [0, 0.05) is 19.3 Å². The predicted molar refractivity (Wildman–Crippen MR) is 47.2 cm³/mol. The quantitative estimate of drug-likeness (QED) is 0.447. The van der Waals surface area contributed by atoms with Crippen LogP contribution >= 0.6 is 0 Å². The van der Waals surface area contributed by atoms with Gasteiger partial charge in [-0.2, -0.15) is 0 Å². The second-order valence-electron chi connectivity index (χ2n) is 2.66. The third-order valence-corrected chi connectivity index (χ3v) is 1.33. The molecule has 1 nitrogen and oxygen atoms in total. The topological polar surface area (TPSA) is 17.1 Å². The Morgan fingerprint density at radius 2 is 1.91 bits per heavy atom. The van der Waals surface area contributed by atoms with Crippen molar-refractivity contribution in [1.29, 1.82) is 0 Å². The molecule has 0 atom stereocenters. The van der Waals surface area contributed by atoms with Crippen molar-refractivity contribution in [2.24, 2.45) is 0 Å². The molecular weight excluding hydrogens is 136 g/mol. The van der Waals surface area contributed by atoms with Gasteiger partial charge in [0.25, 0.3) is 0 Å². The standard InChI is InChI=1S/C10H16O/c1-3-4-5-6-7-8-9-10(2)11/h3-4,7-9H2,1-2H3. The average molecular weight is 152 g/mol. The van der Waals surface area contributed by atoms with E-state index in [2.05, 4.69) is 18.8 Å². The summed E-state index contributed by atoms with van der Waals surface area (Å²) in [4.78, 5) is 10.5. The molecule has 0 spiro atoms. The summed E-state index contributed by atoms with van der Waals surface area (Å²) in [5, 5.41) is 0. The van der Waals surface area contributed by atoms with Crippen LogP contribution < -0.4 is 0 Å². The van der Waals surface area contributed by atoms with E-state index in [9.17, 15) is 4.79 Å². The van der Waals surface area contributed by atoms with Crippen molar-refractivity contribution in [1.82, 2.24) is 0 Å². The highest BCUT2D eigenvalue weighted by atomic mass is 16.1. The zero-order chi connectivity index (χ0) is 8.53. The molecule has 0 heterocycles. The Bertz CT molecular complexity index is 159. The lowest BCUT2D eigenvalue weighted by Gasteiger charge is -1.88. The Morgan fingerprint density at radius 3 is 2.45 bits per heavy atom. The van der Waals surface area contributed by atoms with Crippen LogP contribution in [0.4, 0.5) is 0 Å². The summed E-state index contributed by atoms with van der Waals surface area (Å²) in [5.74, 6) is 6.35. The van der Waals surface area contributed by atoms with Crippen molar-refractivity contribution in [2.45, 2.75) is 46.0 Å². The van der Waals surface area contributed by atoms with Crippen LogP contribution in [0.15, 0.2) is 0 Å².